The smallest absolute Gasteiger partial charge is 0.173 e. The van der Waals surface area contributed by atoms with Crippen molar-refractivity contribution in [1.82, 2.24) is 0 Å². The van der Waals surface area contributed by atoms with Gasteiger partial charge in [-0.05, 0) is 31.7 Å². The van der Waals surface area contributed by atoms with Crippen LogP contribution in [0.2, 0.25) is 31.7 Å². The molecular formula is C8H20OSi2. The maximum absolute atomic E-state index is 6.16. The Morgan fingerprint density at radius 2 is 1.91 bits per heavy atom. The van der Waals surface area contributed by atoms with E-state index in [1.54, 1.807) is 0 Å². The second-order valence-corrected chi connectivity index (χ2v) is 11.4. The molecule has 0 aliphatic carbocycles. The van der Waals surface area contributed by atoms with Gasteiger partial charge in [-0.25, -0.2) is 0 Å². The third-order valence-corrected chi connectivity index (χ3v) is 9.35. The zero-order valence-electron chi connectivity index (χ0n) is 8.02. The Bertz CT molecular complexity index is 125. The van der Waals surface area contributed by atoms with Crippen LogP contribution in [0.15, 0.2) is 0 Å². The van der Waals surface area contributed by atoms with E-state index >= 15 is 0 Å². The molecule has 11 heavy (non-hydrogen) atoms. The van der Waals surface area contributed by atoms with Gasteiger partial charge in [-0.2, -0.15) is 0 Å². The topological polar surface area (TPSA) is 9.23 Å². The van der Waals surface area contributed by atoms with E-state index in [1.165, 1.54) is 31.4 Å². The quantitative estimate of drug-likeness (QED) is 0.531. The van der Waals surface area contributed by atoms with Crippen LogP contribution in [0.4, 0.5) is 0 Å². The van der Waals surface area contributed by atoms with Crippen LogP contribution in [-0.2, 0) is 4.12 Å². The Hall–Kier alpha value is 0.394. The van der Waals surface area contributed by atoms with Crippen molar-refractivity contribution < 1.29 is 4.12 Å². The van der Waals surface area contributed by atoms with Crippen LogP contribution in [0.3, 0.4) is 0 Å². The summed E-state index contributed by atoms with van der Waals surface area (Å²) in [5, 5.41) is 0. The number of hydrogen-bond donors (Lipinski definition) is 0. The first-order chi connectivity index (χ1) is 5.10. The predicted octanol–water partition coefficient (Wildman–Crippen LogP) is 2.75. The molecule has 0 amide bonds. The molecule has 1 nitrogen and oxygen atoms in total. The van der Waals surface area contributed by atoms with Crippen LogP contribution in [0.1, 0.15) is 19.3 Å². The lowest BCUT2D eigenvalue weighted by Crippen LogP contribution is -2.37. The largest absolute Gasteiger partial charge is 0.458 e. The molecule has 1 saturated heterocycles. The van der Waals surface area contributed by atoms with Gasteiger partial charge in [-0.15, -0.1) is 0 Å². The molecule has 1 atom stereocenters. The van der Waals surface area contributed by atoms with E-state index in [9.17, 15) is 0 Å². The Labute approximate surface area is 73.0 Å². The van der Waals surface area contributed by atoms with E-state index in [4.69, 9.17) is 4.12 Å². The van der Waals surface area contributed by atoms with E-state index in [0.717, 1.165) is 0 Å². The van der Waals surface area contributed by atoms with Gasteiger partial charge in [0.1, 0.15) is 0 Å². The lowest BCUT2D eigenvalue weighted by atomic mass is 10.3. The Morgan fingerprint density at radius 1 is 1.18 bits per heavy atom. The summed E-state index contributed by atoms with van der Waals surface area (Å²) in [6.45, 7) is 7.11. The third-order valence-electron chi connectivity index (χ3n) is 2.41. The molecule has 66 valence electrons. The highest BCUT2D eigenvalue weighted by atomic mass is 28.4. The molecule has 0 spiro atoms. The highest BCUT2D eigenvalue weighted by molar-refractivity contribution is 6.78. The molecule has 1 heterocycles. The first-order valence-electron chi connectivity index (χ1n) is 4.78. The molecule has 0 saturated carbocycles. The molecule has 0 radical (unpaired) electrons. The summed E-state index contributed by atoms with van der Waals surface area (Å²) in [7, 11) is -1.91. The van der Waals surface area contributed by atoms with Crippen molar-refractivity contribution in [3.8, 4) is 0 Å². The number of hydrogen-bond acceptors (Lipinski definition) is 1. The summed E-state index contributed by atoms with van der Waals surface area (Å²) in [5.41, 5.74) is 0. The molecule has 1 unspecified atom stereocenters. The maximum Gasteiger partial charge on any atom is 0.173 e. The Morgan fingerprint density at radius 3 is 2.64 bits per heavy atom. The van der Waals surface area contributed by atoms with Crippen LogP contribution in [0, 0.1) is 0 Å². The van der Waals surface area contributed by atoms with Crippen molar-refractivity contribution in [1.29, 1.82) is 0 Å². The molecule has 0 aromatic carbocycles. The molecule has 0 bridgehead atoms. The van der Waals surface area contributed by atoms with E-state index in [2.05, 4.69) is 19.6 Å². The van der Waals surface area contributed by atoms with Gasteiger partial charge in [0.05, 0.1) is 0 Å². The van der Waals surface area contributed by atoms with Crippen molar-refractivity contribution in [2.24, 2.45) is 0 Å². The zero-order valence-corrected chi connectivity index (χ0v) is 10.2. The fraction of sp³-hybridized carbons (Fsp3) is 1.00. The number of rotatable bonds is 0. The molecule has 0 aromatic heterocycles. The van der Waals surface area contributed by atoms with Crippen LogP contribution >= 0.6 is 0 Å². The molecule has 0 aromatic rings. The van der Waals surface area contributed by atoms with Gasteiger partial charge in [0, 0.05) is 0 Å². The molecule has 0 N–H and O–H groups in total. The molecule has 1 aliphatic rings. The fourth-order valence-electron chi connectivity index (χ4n) is 1.82. The van der Waals surface area contributed by atoms with Gasteiger partial charge < -0.3 is 4.12 Å². The molecular weight excluding hydrogens is 168 g/mol. The standard InChI is InChI=1S/C8H20OSi2/c1-10-7-5-4-6-8-11(2,3)9-10/h10H,4-8H2,1-3H3. The third kappa shape index (κ3) is 3.53. The van der Waals surface area contributed by atoms with Gasteiger partial charge in [0.15, 0.2) is 17.4 Å². The Balaban J connectivity index is 2.42. The van der Waals surface area contributed by atoms with Crippen LogP contribution in [-0.4, -0.2) is 17.4 Å². The van der Waals surface area contributed by atoms with E-state index in [0.29, 0.717) is 0 Å². The lowest BCUT2D eigenvalue weighted by Gasteiger charge is -2.29. The summed E-state index contributed by atoms with van der Waals surface area (Å²) in [4.78, 5) is 0. The van der Waals surface area contributed by atoms with Crippen molar-refractivity contribution in [3.63, 3.8) is 0 Å². The molecule has 3 heteroatoms. The lowest BCUT2D eigenvalue weighted by molar-refractivity contribution is 0.533. The normalized spacial score (nSPS) is 32.5. The van der Waals surface area contributed by atoms with Gasteiger partial charge in [-0.1, -0.05) is 19.3 Å². The minimum absolute atomic E-state index is 0.732. The van der Waals surface area contributed by atoms with Gasteiger partial charge in [-0.3, -0.25) is 0 Å². The first kappa shape index (κ1) is 9.48. The fourth-order valence-corrected chi connectivity index (χ4v) is 9.09. The average Bonchev–Trinajstić information content (AvgIpc) is 1.82. The van der Waals surface area contributed by atoms with Crippen molar-refractivity contribution in [2.75, 3.05) is 0 Å². The minimum Gasteiger partial charge on any atom is -0.458 e. The summed E-state index contributed by atoms with van der Waals surface area (Å²) in [5.74, 6) is 0. The van der Waals surface area contributed by atoms with Crippen molar-refractivity contribution >= 4 is 17.4 Å². The van der Waals surface area contributed by atoms with Gasteiger partial charge in [0.2, 0.25) is 0 Å². The summed E-state index contributed by atoms with van der Waals surface area (Å²) < 4.78 is 6.16. The van der Waals surface area contributed by atoms with Crippen LogP contribution in [0.25, 0.3) is 0 Å². The van der Waals surface area contributed by atoms with Crippen LogP contribution < -0.4 is 0 Å². The summed E-state index contributed by atoms with van der Waals surface area (Å²) >= 11 is 0. The SMILES string of the molecule is C[SiH]1CCCCC[Si](C)(C)O1. The predicted molar refractivity (Wildman–Crippen MR) is 55.0 cm³/mol. The van der Waals surface area contributed by atoms with Crippen LogP contribution in [0.5, 0.6) is 0 Å². The highest BCUT2D eigenvalue weighted by Gasteiger charge is 2.25. The Kier molecular flexibility index (Phi) is 3.34. The van der Waals surface area contributed by atoms with Crippen molar-refractivity contribution in [3.05, 3.63) is 0 Å². The second-order valence-electron chi connectivity index (χ2n) is 4.29. The van der Waals surface area contributed by atoms with Crippen molar-refractivity contribution in [2.45, 2.75) is 51.0 Å². The maximum atomic E-state index is 6.16. The molecule has 1 rings (SSSR count). The monoisotopic (exact) mass is 188 g/mol. The minimum atomic E-state index is -1.17. The highest BCUT2D eigenvalue weighted by Crippen LogP contribution is 2.22. The average molecular weight is 188 g/mol. The molecule has 1 fully saturated rings. The summed E-state index contributed by atoms with van der Waals surface area (Å²) in [6, 6.07) is 2.81. The first-order valence-corrected chi connectivity index (χ1v) is 10.3. The van der Waals surface area contributed by atoms with E-state index < -0.39 is 17.4 Å². The summed E-state index contributed by atoms with van der Waals surface area (Å²) in [6.07, 6.45) is 4.30. The van der Waals surface area contributed by atoms with Gasteiger partial charge in [0.25, 0.3) is 0 Å². The second kappa shape index (κ2) is 3.87. The zero-order chi connectivity index (χ0) is 8.32. The van der Waals surface area contributed by atoms with Gasteiger partial charge >= 0.3 is 0 Å². The van der Waals surface area contributed by atoms with E-state index in [1.807, 2.05) is 0 Å². The van der Waals surface area contributed by atoms with E-state index in [-0.39, 0.29) is 0 Å². The molecule has 1 aliphatic heterocycles.